The summed E-state index contributed by atoms with van der Waals surface area (Å²) in [5.41, 5.74) is 2.59. The molecule has 8 nitrogen and oxygen atoms in total. The van der Waals surface area contributed by atoms with Gasteiger partial charge in [-0.25, -0.2) is 4.98 Å². The zero-order valence-electron chi connectivity index (χ0n) is 21.6. The summed E-state index contributed by atoms with van der Waals surface area (Å²) in [4.78, 5) is 34.9. The molecule has 1 aliphatic heterocycles. The van der Waals surface area contributed by atoms with Gasteiger partial charge in [-0.15, -0.1) is 11.8 Å². The highest BCUT2D eigenvalue weighted by Gasteiger charge is 2.43. The summed E-state index contributed by atoms with van der Waals surface area (Å²) in [5.74, 6) is 0.392. The summed E-state index contributed by atoms with van der Waals surface area (Å²) in [6.07, 6.45) is 2.00. The number of hydrogen-bond acceptors (Lipinski definition) is 8. The standard InChI is InChI=1S/C28H27N3O5S2/c1-31-25(15-6-9-17(37-5)10-7-15)24(18-13-21(35-3)22(36-4)14-19(18)27(31)33)26(32)30-28-29-20-11-8-16(34-2)12-23(20)38-28/h6-14,24-25H,1-5H3,(H,29,30,32)/t24-,25-/m1/s1. The maximum atomic E-state index is 14.1. The van der Waals surface area contributed by atoms with Gasteiger partial charge in [0.25, 0.3) is 5.91 Å². The molecule has 0 saturated heterocycles. The highest BCUT2D eigenvalue weighted by molar-refractivity contribution is 7.98. The van der Waals surface area contributed by atoms with Crippen LogP contribution in [0.4, 0.5) is 5.13 Å². The van der Waals surface area contributed by atoms with Gasteiger partial charge < -0.3 is 24.4 Å². The fraction of sp³-hybridized carbons (Fsp3) is 0.250. The number of nitrogens with one attached hydrogen (secondary N) is 1. The second kappa shape index (κ2) is 10.5. The summed E-state index contributed by atoms with van der Waals surface area (Å²) >= 11 is 3.00. The topological polar surface area (TPSA) is 90.0 Å². The maximum Gasteiger partial charge on any atom is 0.254 e. The number of amides is 2. The lowest BCUT2D eigenvalue weighted by molar-refractivity contribution is -0.119. The number of aromatic nitrogens is 1. The molecule has 3 aromatic carbocycles. The van der Waals surface area contributed by atoms with Crippen molar-refractivity contribution < 1.29 is 23.8 Å². The van der Waals surface area contributed by atoms with E-state index >= 15 is 0 Å². The molecule has 4 aromatic rings. The van der Waals surface area contributed by atoms with Crippen LogP contribution in [-0.2, 0) is 4.79 Å². The number of ether oxygens (including phenoxy) is 3. The SMILES string of the molecule is COc1ccc2nc(NC(=O)[C@@H]3c4cc(OC)c(OC)cc4C(=O)N(C)[C@@H]3c3ccc(SC)cc3)sc2c1. The first-order valence-electron chi connectivity index (χ1n) is 11.8. The maximum absolute atomic E-state index is 14.1. The second-order valence-corrected chi connectivity index (χ2v) is 10.7. The van der Waals surface area contributed by atoms with E-state index < -0.39 is 12.0 Å². The number of carbonyl (C=O) groups is 2. The number of rotatable bonds is 7. The van der Waals surface area contributed by atoms with Crippen molar-refractivity contribution in [1.82, 2.24) is 9.88 Å². The van der Waals surface area contributed by atoms with E-state index in [4.69, 9.17) is 14.2 Å². The van der Waals surface area contributed by atoms with Crippen LogP contribution in [0.1, 0.15) is 33.4 Å². The van der Waals surface area contributed by atoms with Crippen LogP contribution >= 0.6 is 23.1 Å². The first-order valence-corrected chi connectivity index (χ1v) is 13.8. The molecule has 1 aliphatic rings. The summed E-state index contributed by atoms with van der Waals surface area (Å²) < 4.78 is 17.2. The van der Waals surface area contributed by atoms with Gasteiger partial charge in [0.15, 0.2) is 16.6 Å². The third kappa shape index (κ3) is 4.54. The van der Waals surface area contributed by atoms with Gasteiger partial charge in [-0.1, -0.05) is 23.5 Å². The molecule has 10 heteroatoms. The lowest BCUT2D eigenvalue weighted by atomic mass is 9.79. The van der Waals surface area contributed by atoms with Gasteiger partial charge in [-0.3, -0.25) is 9.59 Å². The molecular formula is C28H27N3O5S2. The third-order valence-electron chi connectivity index (χ3n) is 6.74. The minimum Gasteiger partial charge on any atom is -0.497 e. The smallest absolute Gasteiger partial charge is 0.254 e. The Labute approximate surface area is 228 Å². The molecule has 0 radical (unpaired) electrons. The van der Waals surface area contributed by atoms with Crippen LogP contribution in [0.3, 0.4) is 0 Å². The first-order chi connectivity index (χ1) is 18.4. The quantitative estimate of drug-likeness (QED) is 0.301. The fourth-order valence-corrected chi connectivity index (χ4v) is 6.12. The molecule has 2 heterocycles. The van der Waals surface area contributed by atoms with Gasteiger partial charge in [-0.2, -0.15) is 0 Å². The van der Waals surface area contributed by atoms with E-state index in [2.05, 4.69) is 10.3 Å². The molecule has 2 atom stereocenters. The molecule has 38 heavy (non-hydrogen) atoms. The van der Waals surface area contributed by atoms with Gasteiger partial charge in [-0.05, 0) is 59.8 Å². The van der Waals surface area contributed by atoms with E-state index in [1.165, 1.54) is 25.6 Å². The van der Waals surface area contributed by atoms with Crippen LogP contribution in [0.25, 0.3) is 10.2 Å². The second-order valence-electron chi connectivity index (χ2n) is 8.75. The van der Waals surface area contributed by atoms with Gasteiger partial charge >= 0.3 is 0 Å². The van der Waals surface area contributed by atoms with E-state index in [0.717, 1.165) is 26.4 Å². The van der Waals surface area contributed by atoms with Crippen molar-refractivity contribution in [3.8, 4) is 17.2 Å². The van der Waals surface area contributed by atoms with Crippen molar-refractivity contribution in [3.05, 3.63) is 71.3 Å². The average molecular weight is 550 g/mol. The minimum absolute atomic E-state index is 0.198. The van der Waals surface area contributed by atoms with Gasteiger partial charge in [0.2, 0.25) is 5.91 Å². The highest BCUT2D eigenvalue weighted by Crippen LogP contribution is 2.46. The monoisotopic (exact) mass is 549 g/mol. The van der Waals surface area contributed by atoms with E-state index in [0.29, 0.717) is 27.8 Å². The Bertz CT molecular complexity index is 1520. The molecular weight excluding hydrogens is 522 g/mol. The molecule has 2 amide bonds. The Morgan fingerprint density at radius 1 is 1.00 bits per heavy atom. The molecule has 0 spiro atoms. The normalized spacial score (nSPS) is 16.8. The Kier molecular flexibility index (Phi) is 7.18. The zero-order chi connectivity index (χ0) is 27.0. The van der Waals surface area contributed by atoms with Crippen LogP contribution in [0.5, 0.6) is 17.2 Å². The molecule has 0 bridgehead atoms. The van der Waals surface area contributed by atoms with E-state index in [1.807, 2.05) is 48.7 Å². The molecule has 196 valence electrons. The molecule has 5 rings (SSSR count). The number of anilines is 1. The van der Waals surface area contributed by atoms with Crippen molar-refractivity contribution in [2.24, 2.45) is 0 Å². The molecule has 1 N–H and O–H groups in total. The van der Waals surface area contributed by atoms with Gasteiger partial charge in [0.1, 0.15) is 5.75 Å². The van der Waals surface area contributed by atoms with Gasteiger partial charge in [0.05, 0.1) is 43.5 Å². The molecule has 0 saturated carbocycles. The van der Waals surface area contributed by atoms with Crippen LogP contribution in [0, 0.1) is 0 Å². The predicted octanol–water partition coefficient (Wildman–Crippen LogP) is 5.59. The van der Waals surface area contributed by atoms with E-state index in [-0.39, 0.29) is 11.8 Å². The lowest BCUT2D eigenvalue weighted by Gasteiger charge is -2.40. The number of hydrogen-bond donors (Lipinski definition) is 1. The van der Waals surface area contributed by atoms with Crippen LogP contribution in [-0.4, -0.2) is 56.3 Å². The molecule has 1 aromatic heterocycles. The summed E-state index contributed by atoms with van der Waals surface area (Å²) in [6, 6.07) is 16.3. The van der Waals surface area contributed by atoms with Crippen LogP contribution < -0.4 is 19.5 Å². The van der Waals surface area contributed by atoms with Crippen molar-refractivity contribution >= 4 is 50.3 Å². The number of carbonyl (C=O) groups excluding carboxylic acids is 2. The van der Waals surface area contributed by atoms with Crippen molar-refractivity contribution in [1.29, 1.82) is 0 Å². The Morgan fingerprint density at radius 3 is 2.37 bits per heavy atom. The number of benzene rings is 3. The van der Waals surface area contributed by atoms with Crippen molar-refractivity contribution in [2.45, 2.75) is 16.9 Å². The Hall–Kier alpha value is -3.76. The van der Waals surface area contributed by atoms with Crippen molar-refractivity contribution in [3.63, 3.8) is 0 Å². The number of nitrogens with zero attached hydrogens (tertiary/aromatic N) is 2. The molecule has 0 fully saturated rings. The predicted molar refractivity (Wildman–Crippen MR) is 150 cm³/mol. The average Bonchev–Trinajstić information content (AvgIpc) is 3.35. The Morgan fingerprint density at radius 2 is 1.71 bits per heavy atom. The largest absolute Gasteiger partial charge is 0.497 e. The number of thioether (sulfide) groups is 1. The first kappa shape index (κ1) is 25.9. The van der Waals surface area contributed by atoms with Gasteiger partial charge in [0, 0.05) is 17.5 Å². The number of fused-ring (bicyclic) bond motifs is 2. The fourth-order valence-electron chi connectivity index (χ4n) is 4.82. The van der Waals surface area contributed by atoms with Crippen molar-refractivity contribution in [2.75, 3.05) is 39.9 Å². The minimum atomic E-state index is -0.728. The molecule has 0 aliphatic carbocycles. The van der Waals surface area contributed by atoms with E-state index in [1.54, 1.807) is 43.0 Å². The lowest BCUT2D eigenvalue weighted by Crippen LogP contribution is -2.44. The highest BCUT2D eigenvalue weighted by atomic mass is 32.2. The van der Waals surface area contributed by atoms with Crippen LogP contribution in [0.15, 0.2) is 59.5 Å². The van der Waals surface area contributed by atoms with Crippen LogP contribution in [0.2, 0.25) is 0 Å². The molecule has 0 unspecified atom stereocenters. The van der Waals surface area contributed by atoms with E-state index in [9.17, 15) is 9.59 Å². The zero-order valence-corrected chi connectivity index (χ0v) is 23.2. The number of thiazole rings is 1. The number of likely N-dealkylation sites (N-methyl/N-ethyl adjacent to an activating group) is 1. The summed E-state index contributed by atoms with van der Waals surface area (Å²) in [7, 11) is 6.38. The Balaban J connectivity index is 1.62. The third-order valence-corrected chi connectivity index (χ3v) is 8.42. The summed E-state index contributed by atoms with van der Waals surface area (Å²) in [6.45, 7) is 0. The number of methoxy groups -OCH3 is 3. The summed E-state index contributed by atoms with van der Waals surface area (Å²) in [5, 5.41) is 3.49.